The summed E-state index contributed by atoms with van der Waals surface area (Å²) in [6, 6.07) is 0.298. The number of nitrogen functional groups attached to an aromatic ring is 1. The predicted octanol–water partition coefficient (Wildman–Crippen LogP) is 3.33. The van der Waals surface area contributed by atoms with Crippen LogP contribution in [-0.4, -0.2) is 14.5 Å². The Hall–Kier alpha value is -1.33. The molecule has 0 aromatic carbocycles. The van der Waals surface area contributed by atoms with Crippen molar-refractivity contribution >= 4 is 40.2 Å². The molecule has 17 heavy (non-hydrogen) atoms. The SMILES string of the molecule is CC(C)n1cnc(C=Cc2csc(N)n2)c1Cl. The third kappa shape index (κ3) is 2.68. The van der Waals surface area contributed by atoms with Gasteiger partial charge in [0.25, 0.3) is 0 Å². The van der Waals surface area contributed by atoms with E-state index in [-0.39, 0.29) is 0 Å². The van der Waals surface area contributed by atoms with Crippen molar-refractivity contribution in [2.75, 3.05) is 5.73 Å². The first-order chi connectivity index (χ1) is 8.08. The maximum atomic E-state index is 6.20. The Bertz CT molecular complexity index is 541. The summed E-state index contributed by atoms with van der Waals surface area (Å²) in [6.07, 6.45) is 5.43. The highest BCUT2D eigenvalue weighted by molar-refractivity contribution is 7.13. The van der Waals surface area contributed by atoms with Gasteiger partial charge < -0.3 is 10.3 Å². The number of nitrogens with two attached hydrogens (primary N) is 1. The number of hydrogen-bond acceptors (Lipinski definition) is 4. The molecule has 2 rings (SSSR count). The van der Waals surface area contributed by atoms with Gasteiger partial charge in [0, 0.05) is 11.4 Å². The Morgan fingerprint density at radius 2 is 2.24 bits per heavy atom. The third-order valence-corrected chi connectivity index (χ3v) is 3.35. The van der Waals surface area contributed by atoms with E-state index >= 15 is 0 Å². The summed E-state index contributed by atoms with van der Waals surface area (Å²) >= 11 is 7.61. The maximum Gasteiger partial charge on any atom is 0.180 e. The third-order valence-electron chi connectivity index (χ3n) is 2.27. The van der Waals surface area contributed by atoms with Crippen molar-refractivity contribution in [1.82, 2.24) is 14.5 Å². The first-order valence-electron chi connectivity index (χ1n) is 5.19. The quantitative estimate of drug-likeness (QED) is 0.929. The van der Waals surface area contributed by atoms with Crippen molar-refractivity contribution in [3.8, 4) is 0 Å². The number of imidazole rings is 1. The number of aromatic nitrogens is 3. The minimum absolute atomic E-state index is 0.298. The van der Waals surface area contributed by atoms with Gasteiger partial charge in [-0.1, -0.05) is 11.6 Å². The summed E-state index contributed by atoms with van der Waals surface area (Å²) in [6.45, 7) is 4.12. The van der Waals surface area contributed by atoms with E-state index in [1.165, 1.54) is 11.3 Å². The Labute approximate surface area is 109 Å². The van der Waals surface area contributed by atoms with Crippen molar-refractivity contribution in [3.05, 3.63) is 28.2 Å². The van der Waals surface area contributed by atoms with Gasteiger partial charge in [-0.15, -0.1) is 11.3 Å². The van der Waals surface area contributed by atoms with Gasteiger partial charge in [-0.25, -0.2) is 9.97 Å². The Morgan fingerprint density at radius 1 is 1.47 bits per heavy atom. The molecule has 0 saturated carbocycles. The van der Waals surface area contributed by atoms with Crippen LogP contribution in [0.5, 0.6) is 0 Å². The number of halogens is 1. The van der Waals surface area contributed by atoms with Gasteiger partial charge in [0.1, 0.15) is 10.8 Å². The van der Waals surface area contributed by atoms with Gasteiger partial charge in [-0.2, -0.15) is 0 Å². The molecule has 2 N–H and O–H groups in total. The standard InChI is InChI=1S/C11H13ClN4S/c1-7(2)16-6-14-9(10(16)12)4-3-8-5-17-11(13)15-8/h3-7H,1-2H3,(H2,13,15). The van der Waals surface area contributed by atoms with Crippen LogP contribution in [0.25, 0.3) is 12.2 Å². The van der Waals surface area contributed by atoms with Crippen LogP contribution in [0.2, 0.25) is 5.15 Å². The van der Waals surface area contributed by atoms with E-state index in [0.29, 0.717) is 16.3 Å². The maximum absolute atomic E-state index is 6.20. The lowest BCUT2D eigenvalue weighted by Crippen LogP contribution is -1.98. The minimum atomic E-state index is 0.298. The Balaban J connectivity index is 2.22. The second kappa shape index (κ2) is 4.89. The van der Waals surface area contributed by atoms with Gasteiger partial charge in [0.15, 0.2) is 5.13 Å². The average Bonchev–Trinajstić information content (AvgIpc) is 2.82. The lowest BCUT2D eigenvalue weighted by Gasteiger charge is -2.06. The zero-order chi connectivity index (χ0) is 12.4. The molecule has 0 radical (unpaired) electrons. The molecule has 0 spiro atoms. The number of nitrogens with zero attached hydrogens (tertiary/aromatic N) is 3. The van der Waals surface area contributed by atoms with Crippen LogP contribution in [0.15, 0.2) is 11.7 Å². The molecule has 0 fully saturated rings. The summed E-state index contributed by atoms with van der Waals surface area (Å²) in [7, 11) is 0. The monoisotopic (exact) mass is 268 g/mol. The zero-order valence-corrected chi connectivity index (χ0v) is 11.2. The molecule has 6 heteroatoms. The van der Waals surface area contributed by atoms with Gasteiger partial charge in [0.05, 0.1) is 12.0 Å². The van der Waals surface area contributed by atoms with Crippen molar-refractivity contribution in [2.24, 2.45) is 0 Å². The summed E-state index contributed by atoms with van der Waals surface area (Å²) in [4.78, 5) is 8.38. The summed E-state index contributed by atoms with van der Waals surface area (Å²) in [5.74, 6) is 0. The fourth-order valence-electron chi connectivity index (χ4n) is 1.37. The Morgan fingerprint density at radius 3 is 2.76 bits per heavy atom. The minimum Gasteiger partial charge on any atom is -0.375 e. The summed E-state index contributed by atoms with van der Waals surface area (Å²) < 4.78 is 1.91. The van der Waals surface area contributed by atoms with Crippen molar-refractivity contribution in [3.63, 3.8) is 0 Å². The van der Waals surface area contributed by atoms with E-state index in [0.717, 1.165) is 11.4 Å². The van der Waals surface area contributed by atoms with Crippen LogP contribution in [0.4, 0.5) is 5.13 Å². The zero-order valence-electron chi connectivity index (χ0n) is 9.59. The largest absolute Gasteiger partial charge is 0.375 e. The molecule has 4 nitrogen and oxygen atoms in total. The molecule has 2 heterocycles. The first kappa shape index (κ1) is 12.1. The van der Waals surface area contributed by atoms with Gasteiger partial charge >= 0.3 is 0 Å². The van der Waals surface area contributed by atoms with Gasteiger partial charge in [-0.3, -0.25) is 0 Å². The molecule has 0 saturated heterocycles. The van der Waals surface area contributed by atoms with Crippen LogP contribution >= 0.6 is 22.9 Å². The molecule has 2 aromatic heterocycles. The number of thiazole rings is 1. The van der Waals surface area contributed by atoms with Gasteiger partial charge in [-0.05, 0) is 26.0 Å². The van der Waals surface area contributed by atoms with Crippen molar-refractivity contribution in [1.29, 1.82) is 0 Å². The predicted molar refractivity (Wildman–Crippen MR) is 73.1 cm³/mol. The number of anilines is 1. The van der Waals surface area contributed by atoms with Crippen LogP contribution < -0.4 is 5.73 Å². The topological polar surface area (TPSA) is 56.7 Å². The molecule has 2 aromatic rings. The van der Waals surface area contributed by atoms with Crippen LogP contribution in [0, 0.1) is 0 Å². The average molecular weight is 269 g/mol. The van der Waals surface area contributed by atoms with Gasteiger partial charge in [0.2, 0.25) is 0 Å². The van der Waals surface area contributed by atoms with Crippen LogP contribution in [-0.2, 0) is 0 Å². The van der Waals surface area contributed by atoms with Crippen LogP contribution in [0.3, 0.4) is 0 Å². The molecule has 90 valence electrons. The summed E-state index contributed by atoms with van der Waals surface area (Å²) in [5.41, 5.74) is 7.11. The van der Waals surface area contributed by atoms with Crippen LogP contribution in [0.1, 0.15) is 31.3 Å². The second-order valence-electron chi connectivity index (χ2n) is 3.87. The molecule has 0 bridgehead atoms. The van der Waals surface area contributed by atoms with E-state index in [9.17, 15) is 0 Å². The summed E-state index contributed by atoms with van der Waals surface area (Å²) in [5, 5.41) is 3.09. The molecule has 0 aliphatic rings. The fraction of sp³-hybridized carbons (Fsp3) is 0.273. The first-order valence-corrected chi connectivity index (χ1v) is 6.45. The van der Waals surface area contributed by atoms with E-state index in [4.69, 9.17) is 17.3 Å². The lowest BCUT2D eigenvalue weighted by atomic mass is 10.3. The smallest absolute Gasteiger partial charge is 0.180 e. The van der Waals surface area contributed by atoms with E-state index in [1.54, 1.807) is 6.33 Å². The molecule has 0 amide bonds. The van der Waals surface area contributed by atoms with Crippen molar-refractivity contribution < 1.29 is 0 Å². The molecule has 0 atom stereocenters. The number of hydrogen-bond donors (Lipinski definition) is 1. The van der Waals surface area contributed by atoms with E-state index < -0.39 is 0 Å². The second-order valence-corrected chi connectivity index (χ2v) is 5.11. The van der Waals surface area contributed by atoms with Crippen molar-refractivity contribution in [2.45, 2.75) is 19.9 Å². The highest BCUT2D eigenvalue weighted by atomic mass is 35.5. The van der Waals surface area contributed by atoms with E-state index in [1.807, 2.05) is 22.1 Å². The molecule has 0 unspecified atom stereocenters. The highest BCUT2D eigenvalue weighted by Crippen LogP contribution is 2.21. The van der Waals surface area contributed by atoms with E-state index in [2.05, 4.69) is 23.8 Å². The Kier molecular flexibility index (Phi) is 3.49. The molecule has 0 aliphatic carbocycles. The highest BCUT2D eigenvalue weighted by Gasteiger charge is 2.08. The fourth-order valence-corrected chi connectivity index (χ4v) is 2.26. The normalized spacial score (nSPS) is 11.8. The molecular formula is C11H13ClN4S. The number of rotatable bonds is 3. The lowest BCUT2D eigenvalue weighted by molar-refractivity contribution is 0.600. The molecule has 0 aliphatic heterocycles. The molecular weight excluding hydrogens is 256 g/mol.